The Morgan fingerprint density at radius 3 is 2.57 bits per heavy atom. The highest BCUT2D eigenvalue weighted by atomic mass is 16.5. The number of rotatable bonds is 5. The third kappa shape index (κ3) is 4.30. The highest BCUT2D eigenvalue weighted by Gasteiger charge is 2.42. The minimum absolute atomic E-state index is 0.0155. The van der Waals surface area contributed by atoms with Crippen molar-refractivity contribution in [3.8, 4) is 0 Å². The lowest BCUT2D eigenvalue weighted by molar-refractivity contribution is -0.154. The SMILES string of the molecule is C=C(/C=C\C=C(/C)OC)[C@H]1CC(=O)NC(=O)[C@@H]1C(=O)OC. The second kappa shape index (κ2) is 7.42. The Morgan fingerprint density at radius 1 is 1.33 bits per heavy atom. The molecule has 6 nitrogen and oxygen atoms in total. The lowest BCUT2D eigenvalue weighted by Crippen LogP contribution is -2.49. The van der Waals surface area contributed by atoms with Crippen molar-refractivity contribution in [2.24, 2.45) is 11.8 Å². The van der Waals surface area contributed by atoms with Gasteiger partial charge in [-0.05, 0) is 13.0 Å². The second-order valence-electron chi connectivity index (χ2n) is 4.64. The topological polar surface area (TPSA) is 81.7 Å². The van der Waals surface area contributed by atoms with Gasteiger partial charge in [0.1, 0.15) is 5.92 Å². The zero-order valence-electron chi connectivity index (χ0n) is 12.3. The molecule has 1 fully saturated rings. The number of ether oxygens (including phenoxy) is 2. The summed E-state index contributed by atoms with van der Waals surface area (Å²) in [4.78, 5) is 35.0. The lowest BCUT2D eigenvalue weighted by Gasteiger charge is -2.28. The van der Waals surface area contributed by atoms with Crippen molar-refractivity contribution in [1.82, 2.24) is 5.32 Å². The first-order valence-electron chi connectivity index (χ1n) is 6.40. The zero-order chi connectivity index (χ0) is 16.0. The number of imide groups is 1. The van der Waals surface area contributed by atoms with Crippen LogP contribution < -0.4 is 5.32 Å². The smallest absolute Gasteiger partial charge is 0.318 e. The molecule has 1 heterocycles. The molecule has 0 aromatic heterocycles. The Morgan fingerprint density at radius 2 is 2.00 bits per heavy atom. The summed E-state index contributed by atoms with van der Waals surface area (Å²) in [5.74, 6) is -2.72. The van der Waals surface area contributed by atoms with E-state index in [2.05, 4.69) is 16.6 Å². The van der Waals surface area contributed by atoms with Gasteiger partial charge in [-0.3, -0.25) is 19.7 Å². The van der Waals surface area contributed by atoms with Gasteiger partial charge in [-0.2, -0.15) is 0 Å². The standard InChI is InChI=1S/C15H19NO5/c1-9(6-5-7-10(2)20-3)11-8-12(17)16-14(18)13(11)15(19)21-4/h5-7,11,13H,1,8H2,2-4H3,(H,16,17,18)/b6-5-,10-7+/t11-,13-/m1/s1. The van der Waals surface area contributed by atoms with E-state index in [0.717, 1.165) is 0 Å². The third-order valence-electron chi connectivity index (χ3n) is 3.25. The molecule has 1 N–H and O–H groups in total. The van der Waals surface area contributed by atoms with Crippen LogP contribution in [0.3, 0.4) is 0 Å². The molecule has 0 saturated carbocycles. The summed E-state index contributed by atoms with van der Waals surface area (Å²) in [6.45, 7) is 5.62. The second-order valence-corrected chi connectivity index (χ2v) is 4.64. The summed E-state index contributed by atoms with van der Waals surface area (Å²) in [6.07, 6.45) is 5.06. The van der Waals surface area contributed by atoms with E-state index in [1.807, 2.05) is 0 Å². The van der Waals surface area contributed by atoms with Crippen LogP contribution in [-0.2, 0) is 23.9 Å². The van der Waals surface area contributed by atoms with E-state index in [-0.39, 0.29) is 6.42 Å². The van der Waals surface area contributed by atoms with Gasteiger partial charge in [0.15, 0.2) is 0 Å². The van der Waals surface area contributed by atoms with Crippen molar-refractivity contribution in [3.05, 3.63) is 36.1 Å². The molecule has 2 amide bonds. The van der Waals surface area contributed by atoms with Crippen molar-refractivity contribution >= 4 is 17.8 Å². The molecule has 6 heteroatoms. The molecular formula is C15H19NO5. The zero-order valence-corrected chi connectivity index (χ0v) is 12.3. The normalized spacial score (nSPS) is 22.9. The van der Waals surface area contributed by atoms with E-state index < -0.39 is 29.6 Å². The van der Waals surface area contributed by atoms with Gasteiger partial charge >= 0.3 is 5.97 Å². The number of methoxy groups -OCH3 is 2. The molecule has 0 radical (unpaired) electrons. The molecular weight excluding hydrogens is 274 g/mol. The maximum atomic E-state index is 11.8. The molecule has 0 unspecified atom stereocenters. The molecule has 0 aromatic carbocycles. The number of piperidine rings is 1. The Hall–Kier alpha value is -2.37. The van der Waals surface area contributed by atoms with Crippen LogP contribution in [0.2, 0.25) is 0 Å². The Balaban J connectivity index is 2.94. The van der Waals surface area contributed by atoms with E-state index in [4.69, 9.17) is 4.74 Å². The molecule has 21 heavy (non-hydrogen) atoms. The number of amides is 2. The van der Waals surface area contributed by atoms with E-state index >= 15 is 0 Å². The van der Waals surface area contributed by atoms with Crippen LogP contribution in [0.1, 0.15) is 13.3 Å². The summed E-state index contributed by atoms with van der Waals surface area (Å²) in [5.41, 5.74) is 0.508. The largest absolute Gasteiger partial charge is 0.501 e. The predicted octanol–water partition coefficient (Wildman–Crippen LogP) is 1.10. The first kappa shape index (κ1) is 16.7. The first-order chi connectivity index (χ1) is 9.90. The van der Waals surface area contributed by atoms with Crippen molar-refractivity contribution in [2.45, 2.75) is 13.3 Å². The molecule has 0 bridgehead atoms. The molecule has 0 spiro atoms. The average molecular weight is 293 g/mol. The minimum atomic E-state index is -1.06. The van der Waals surface area contributed by atoms with Crippen LogP contribution >= 0.6 is 0 Å². The number of carbonyl (C=O) groups is 3. The van der Waals surface area contributed by atoms with Gasteiger partial charge < -0.3 is 9.47 Å². The van der Waals surface area contributed by atoms with Crippen LogP contribution in [0, 0.1) is 11.8 Å². The van der Waals surface area contributed by atoms with Crippen molar-refractivity contribution in [2.75, 3.05) is 14.2 Å². The van der Waals surface area contributed by atoms with Gasteiger partial charge in [0, 0.05) is 12.3 Å². The van der Waals surface area contributed by atoms with Gasteiger partial charge in [0.25, 0.3) is 0 Å². The fourth-order valence-electron chi connectivity index (χ4n) is 2.01. The summed E-state index contributed by atoms with van der Waals surface area (Å²) in [6, 6.07) is 0. The number of carbonyl (C=O) groups excluding carboxylic acids is 3. The van der Waals surface area contributed by atoms with Crippen LogP contribution in [-0.4, -0.2) is 32.0 Å². The highest BCUT2D eigenvalue weighted by molar-refractivity contribution is 6.08. The molecule has 2 atom stereocenters. The van der Waals surface area contributed by atoms with Gasteiger partial charge in [-0.15, -0.1) is 0 Å². The quantitative estimate of drug-likeness (QED) is 0.270. The molecule has 1 aliphatic rings. The molecule has 1 saturated heterocycles. The number of esters is 1. The highest BCUT2D eigenvalue weighted by Crippen LogP contribution is 2.29. The Labute approximate surface area is 123 Å². The number of hydrogen-bond acceptors (Lipinski definition) is 5. The van der Waals surface area contributed by atoms with Crippen molar-refractivity contribution in [1.29, 1.82) is 0 Å². The Kier molecular flexibility index (Phi) is 5.90. The number of allylic oxidation sites excluding steroid dienone is 5. The molecule has 1 aliphatic heterocycles. The van der Waals surface area contributed by atoms with Crippen LogP contribution in [0.25, 0.3) is 0 Å². The van der Waals surface area contributed by atoms with Gasteiger partial charge in [-0.25, -0.2) is 0 Å². The average Bonchev–Trinajstić information content (AvgIpc) is 2.45. The lowest BCUT2D eigenvalue weighted by atomic mass is 9.80. The summed E-state index contributed by atoms with van der Waals surface area (Å²) < 4.78 is 9.60. The molecule has 114 valence electrons. The molecule has 0 aromatic rings. The van der Waals surface area contributed by atoms with Gasteiger partial charge in [0.05, 0.1) is 20.0 Å². The van der Waals surface area contributed by atoms with Crippen LogP contribution in [0.5, 0.6) is 0 Å². The van der Waals surface area contributed by atoms with Crippen molar-refractivity contribution < 1.29 is 23.9 Å². The fraction of sp³-hybridized carbons (Fsp3) is 0.400. The predicted molar refractivity (Wildman–Crippen MR) is 75.8 cm³/mol. The maximum absolute atomic E-state index is 11.8. The summed E-state index contributed by atoms with van der Waals surface area (Å²) >= 11 is 0. The monoisotopic (exact) mass is 293 g/mol. The first-order valence-corrected chi connectivity index (χ1v) is 6.40. The summed E-state index contributed by atoms with van der Waals surface area (Å²) in [7, 11) is 2.75. The molecule has 1 rings (SSSR count). The van der Waals surface area contributed by atoms with E-state index in [9.17, 15) is 14.4 Å². The number of hydrogen-bond donors (Lipinski definition) is 1. The minimum Gasteiger partial charge on any atom is -0.501 e. The van der Waals surface area contributed by atoms with Crippen LogP contribution in [0.15, 0.2) is 36.1 Å². The molecule has 0 aliphatic carbocycles. The fourth-order valence-corrected chi connectivity index (χ4v) is 2.01. The number of nitrogens with one attached hydrogen (secondary N) is 1. The van der Waals surface area contributed by atoms with Crippen molar-refractivity contribution in [3.63, 3.8) is 0 Å². The van der Waals surface area contributed by atoms with E-state index in [0.29, 0.717) is 11.3 Å². The van der Waals surface area contributed by atoms with Gasteiger partial charge in [-0.1, -0.05) is 24.3 Å². The maximum Gasteiger partial charge on any atom is 0.318 e. The third-order valence-corrected chi connectivity index (χ3v) is 3.25. The van der Waals surface area contributed by atoms with Crippen LogP contribution in [0.4, 0.5) is 0 Å². The van der Waals surface area contributed by atoms with E-state index in [1.165, 1.54) is 7.11 Å². The van der Waals surface area contributed by atoms with Gasteiger partial charge in [0.2, 0.25) is 11.8 Å². The summed E-state index contributed by atoms with van der Waals surface area (Å²) in [5, 5.41) is 2.14. The Bertz CT molecular complexity index is 518. The van der Waals surface area contributed by atoms with E-state index in [1.54, 1.807) is 32.3 Å².